The van der Waals surface area contributed by atoms with Crippen LogP contribution in [0, 0.1) is 6.92 Å². The van der Waals surface area contributed by atoms with Crippen LogP contribution < -0.4 is 9.46 Å². The standard InChI is InChI=1S/C22H21N3O3S/c1-3-28-17-10-12-18(13-11-17)29(26,27)24-20-9-5-4-8-19(20)21-15-25-14-6-7-16(2)22(25)23-21/h4-15,24H,3H2,1-2H3. The predicted molar refractivity (Wildman–Crippen MR) is 114 cm³/mol. The summed E-state index contributed by atoms with van der Waals surface area (Å²) in [6.45, 7) is 4.40. The third kappa shape index (κ3) is 3.82. The molecule has 148 valence electrons. The minimum Gasteiger partial charge on any atom is -0.494 e. The van der Waals surface area contributed by atoms with E-state index in [2.05, 4.69) is 9.71 Å². The van der Waals surface area contributed by atoms with E-state index in [0.717, 1.165) is 11.2 Å². The smallest absolute Gasteiger partial charge is 0.261 e. The Morgan fingerprint density at radius 1 is 1.03 bits per heavy atom. The lowest BCUT2D eigenvalue weighted by atomic mass is 10.1. The van der Waals surface area contributed by atoms with Crippen LogP contribution >= 0.6 is 0 Å². The molecule has 0 saturated heterocycles. The third-order valence-corrected chi connectivity index (χ3v) is 5.95. The molecule has 2 aromatic heterocycles. The summed E-state index contributed by atoms with van der Waals surface area (Å²) in [6, 6.07) is 17.5. The number of imidazole rings is 1. The van der Waals surface area contributed by atoms with Crippen LogP contribution in [0.3, 0.4) is 0 Å². The number of aryl methyl sites for hydroxylation is 1. The molecule has 4 aromatic rings. The number of hydrogen-bond donors (Lipinski definition) is 1. The van der Waals surface area contributed by atoms with Crippen molar-refractivity contribution in [1.82, 2.24) is 9.38 Å². The zero-order valence-electron chi connectivity index (χ0n) is 16.2. The van der Waals surface area contributed by atoms with Crippen LogP contribution in [0.25, 0.3) is 16.9 Å². The van der Waals surface area contributed by atoms with Gasteiger partial charge in [0.05, 0.1) is 22.9 Å². The highest BCUT2D eigenvalue weighted by Gasteiger charge is 2.18. The Kier molecular flexibility index (Phi) is 4.98. The minimum absolute atomic E-state index is 0.168. The maximum Gasteiger partial charge on any atom is 0.261 e. The average Bonchev–Trinajstić information content (AvgIpc) is 3.14. The van der Waals surface area contributed by atoms with Crippen molar-refractivity contribution in [2.24, 2.45) is 0 Å². The number of fused-ring (bicyclic) bond motifs is 1. The summed E-state index contributed by atoms with van der Waals surface area (Å²) in [5.41, 5.74) is 3.77. The Bertz CT molecular complexity index is 1260. The summed E-state index contributed by atoms with van der Waals surface area (Å²) in [5, 5.41) is 0. The van der Waals surface area contributed by atoms with Gasteiger partial charge < -0.3 is 9.14 Å². The zero-order valence-corrected chi connectivity index (χ0v) is 17.0. The fourth-order valence-electron chi connectivity index (χ4n) is 3.16. The van der Waals surface area contributed by atoms with Gasteiger partial charge in [-0.3, -0.25) is 4.72 Å². The fourth-order valence-corrected chi connectivity index (χ4v) is 4.24. The second-order valence-electron chi connectivity index (χ2n) is 6.60. The summed E-state index contributed by atoms with van der Waals surface area (Å²) < 4.78 is 35.8. The highest BCUT2D eigenvalue weighted by atomic mass is 32.2. The first kappa shape index (κ1) is 19.0. The molecule has 2 heterocycles. The molecule has 29 heavy (non-hydrogen) atoms. The van der Waals surface area contributed by atoms with Gasteiger partial charge in [0.2, 0.25) is 0 Å². The molecular formula is C22H21N3O3S. The first-order valence-corrected chi connectivity index (χ1v) is 10.8. The van der Waals surface area contributed by atoms with Gasteiger partial charge in [-0.15, -0.1) is 0 Å². The number of pyridine rings is 1. The van der Waals surface area contributed by atoms with Gasteiger partial charge in [0.1, 0.15) is 11.4 Å². The second-order valence-corrected chi connectivity index (χ2v) is 8.29. The lowest BCUT2D eigenvalue weighted by Gasteiger charge is -2.12. The molecule has 1 N–H and O–H groups in total. The molecule has 0 atom stereocenters. The van der Waals surface area contributed by atoms with Gasteiger partial charge in [0.15, 0.2) is 0 Å². The number of ether oxygens (including phenoxy) is 1. The molecular weight excluding hydrogens is 386 g/mol. The quantitative estimate of drug-likeness (QED) is 0.510. The number of rotatable bonds is 6. The van der Waals surface area contributed by atoms with E-state index in [1.54, 1.807) is 24.3 Å². The molecule has 2 aromatic carbocycles. The van der Waals surface area contributed by atoms with Gasteiger partial charge >= 0.3 is 0 Å². The van der Waals surface area contributed by atoms with Gasteiger partial charge in [-0.2, -0.15) is 0 Å². The van der Waals surface area contributed by atoms with Crippen molar-refractivity contribution >= 4 is 21.4 Å². The van der Waals surface area contributed by atoms with Crippen molar-refractivity contribution in [3.63, 3.8) is 0 Å². The fraction of sp³-hybridized carbons (Fsp3) is 0.136. The van der Waals surface area contributed by atoms with Gasteiger partial charge in [0, 0.05) is 18.0 Å². The molecule has 7 heteroatoms. The molecule has 0 aliphatic carbocycles. The van der Waals surface area contributed by atoms with Crippen LogP contribution in [0.2, 0.25) is 0 Å². The number of nitrogens with zero attached hydrogens (tertiary/aromatic N) is 2. The van der Waals surface area contributed by atoms with Crippen LogP contribution in [-0.2, 0) is 10.0 Å². The first-order chi connectivity index (χ1) is 14.0. The van der Waals surface area contributed by atoms with Gasteiger partial charge in [0.25, 0.3) is 10.0 Å². The van der Waals surface area contributed by atoms with E-state index in [9.17, 15) is 8.42 Å². The number of benzene rings is 2. The van der Waals surface area contributed by atoms with Crippen molar-refractivity contribution in [2.45, 2.75) is 18.7 Å². The van der Waals surface area contributed by atoms with Crippen molar-refractivity contribution in [3.05, 3.63) is 78.6 Å². The number of anilines is 1. The maximum absolute atomic E-state index is 12.9. The van der Waals surface area contributed by atoms with E-state index in [-0.39, 0.29) is 4.90 Å². The Morgan fingerprint density at radius 2 is 1.79 bits per heavy atom. The molecule has 6 nitrogen and oxygen atoms in total. The highest BCUT2D eigenvalue weighted by molar-refractivity contribution is 7.92. The lowest BCUT2D eigenvalue weighted by molar-refractivity contribution is 0.340. The van der Waals surface area contributed by atoms with Gasteiger partial charge in [-0.05, 0) is 55.8 Å². The molecule has 0 aliphatic heterocycles. The van der Waals surface area contributed by atoms with Crippen molar-refractivity contribution in [1.29, 1.82) is 0 Å². The van der Waals surface area contributed by atoms with Crippen molar-refractivity contribution in [2.75, 3.05) is 11.3 Å². The number of hydrogen-bond acceptors (Lipinski definition) is 4. The van der Waals surface area contributed by atoms with E-state index in [4.69, 9.17) is 4.74 Å². The van der Waals surface area contributed by atoms with E-state index in [0.29, 0.717) is 29.3 Å². The average molecular weight is 407 g/mol. The van der Waals surface area contributed by atoms with Gasteiger partial charge in [-0.1, -0.05) is 24.3 Å². The molecule has 0 spiro atoms. The van der Waals surface area contributed by atoms with Crippen LogP contribution in [0.1, 0.15) is 12.5 Å². The normalized spacial score (nSPS) is 11.5. The van der Waals surface area contributed by atoms with Gasteiger partial charge in [-0.25, -0.2) is 13.4 Å². The lowest BCUT2D eigenvalue weighted by Crippen LogP contribution is -2.13. The summed E-state index contributed by atoms with van der Waals surface area (Å²) in [6.07, 6.45) is 3.82. The summed E-state index contributed by atoms with van der Waals surface area (Å²) in [5.74, 6) is 0.631. The summed E-state index contributed by atoms with van der Waals surface area (Å²) in [4.78, 5) is 4.86. The van der Waals surface area contributed by atoms with E-state index in [1.807, 2.05) is 54.9 Å². The topological polar surface area (TPSA) is 72.7 Å². The minimum atomic E-state index is -3.75. The Balaban J connectivity index is 1.70. The largest absolute Gasteiger partial charge is 0.494 e. The third-order valence-electron chi connectivity index (χ3n) is 4.57. The molecule has 0 fully saturated rings. The Hall–Kier alpha value is -3.32. The number of para-hydroxylation sites is 1. The summed E-state index contributed by atoms with van der Waals surface area (Å²) >= 11 is 0. The van der Waals surface area contributed by atoms with Crippen LogP contribution in [0.15, 0.2) is 78.0 Å². The number of sulfonamides is 1. The number of nitrogens with one attached hydrogen (secondary N) is 1. The highest BCUT2D eigenvalue weighted by Crippen LogP contribution is 2.30. The zero-order chi connectivity index (χ0) is 20.4. The summed E-state index contributed by atoms with van der Waals surface area (Å²) in [7, 11) is -3.75. The Morgan fingerprint density at radius 3 is 2.52 bits per heavy atom. The number of aromatic nitrogens is 2. The van der Waals surface area contributed by atoms with Crippen molar-refractivity contribution in [3.8, 4) is 17.0 Å². The molecule has 0 bridgehead atoms. The SMILES string of the molecule is CCOc1ccc(S(=O)(=O)Nc2ccccc2-c2cn3cccc(C)c3n2)cc1. The predicted octanol–water partition coefficient (Wildman–Crippen LogP) is 4.51. The second kappa shape index (κ2) is 7.60. The van der Waals surface area contributed by atoms with E-state index in [1.165, 1.54) is 12.1 Å². The first-order valence-electron chi connectivity index (χ1n) is 9.27. The van der Waals surface area contributed by atoms with E-state index < -0.39 is 10.0 Å². The van der Waals surface area contributed by atoms with Crippen LogP contribution in [0.5, 0.6) is 5.75 Å². The van der Waals surface area contributed by atoms with Crippen LogP contribution in [-0.4, -0.2) is 24.4 Å². The molecule has 0 aliphatic rings. The van der Waals surface area contributed by atoms with E-state index >= 15 is 0 Å². The molecule has 0 amide bonds. The monoisotopic (exact) mass is 407 g/mol. The molecule has 4 rings (SSSR count). The molecule has 0 unspecified atom stereocenters. The Labute approximate surface area is 169 Å². The molecule has 0 saturated carbocycles. The van der Waals surface area contributed by atoms with Crippen molar-refractivity contribution < 1.29 is 13.2 Å². The maximum atomic E-state index is 12.9. The molecule has 0 radical (unpaired) electrons. The van der Waals surface area contributed by atoms with Crippen LogP contribution in [0.4, 0.5) is 5.69 Å².